The van der Waals surface area contributed by atoms with E-state index < -0.39 is 0 Å². The fraction of sp³-hybridized carbons (Fsp3) is 0.632. The van der Waals surface area contributed by atoms with Crippen molar-refractivity contribution in [3.8, 4) is 0 Å². The molecule has 3 rings (SSSR count). The van der Waals surface area contributed by atoms with E-state index in [1.54, 1.807) is 11.3 Å². The molecule has 1 amide bonds. The van der Waals surface area contributed by atoms with Crippen molar-refractivity contribution in [2.24, 2.45) is 0 Å². The minimum Gasteiger partial charge on any atom is -0.381 e. The van der Waals surface area contributed by atoms with Gasteiger partial charge in [0.25, 0.3) is 5.56 Å². The maximum atomic E-state index is 12.4. The molecular formula is C19H27N3O3S2. The minimum atomic E-state index is -0.0393. The lowest BCUT2D eigenvalue weighted by Crippen LogP contribution is -2.27. The monoisotopic (exact) mass is 409 g/mol. The Hall–Kier alpha value is -1.38. The van der Waals surface area contributed by atoms with Crippen LogP contribution in [0.25, 0.3) is 10.2 Å². The predicted octanol–water partition coefficient (Wildman–Crippen LogP) is 3.03. The molecule has 2 N–H and O–H groups in total. The second kappa shape index (κ2) is 10.2. The molecular weight excluding hydrogens is 382 g/mol. The lowest BCUT2D eigenvalue weighted by Gasteiger charge is -2.06. The van der Waals surface area contributed by atoms with Crippen LogP contribution in [0, 0.1) is 0 Å². The number of rotatable bonds is 11. The average molecular weight is 410 g/mol. The zero-order valence-corrected chi connectivity index (χ0v) is 17.4. The number of amides is 1. The largest absolute Gasteiger partial charge is 0.381 e. The summed E-state index contributed by atoms with van der Waals surface area (Å²) in [7, 11) is 0. The van der Waals surface area contributed by atoms with Gasteiger partial charge in [0, 0.05) is 24.6 Å². The minimum absolute atomic E-state index is 0.00656. The van der Waals surface area contributed by atoms with E-state index in [-0.39, 0.29) is 11.5 Å². The Morgan fingerprint density at radius 1 is 1.33 bits per heavy atom. The van der Waals surface area contributed by atoms with E-state index >= 15 is 0 Å². The number of aromatic amines is 1. The fourth-order valence-electron chi connectivity index (χ4n) is 3.16. The first-order valence-electron chi connectivity index (χ1n) is 9.64. The number of hydrogen-bond acceptors (Lipinski definition) is 6. The number of ether oxygens (including phenoxy) is 1. The van der Waals surface area contributed by atoms with Crippen molar-refractivity contribution in [2.45, 2.75) is 51.2 Å². The van der Waals surface area contributed by atoms with Gasteiger partial charge in [0.05, 0.1) is 16.9 Å². The Balaban J connectivity index is 1.39. The molecule has 0 fully saturated rings. The highest BCUT2D eigenvalue weighted by atomic mass is 32.2. The van der Waals surface area contributed by atoms with Gasteiger partial charge in [-0.1, -0.05) is 13.3 Å². The molecule has 2 aromatic rings. The average Bonchev–Trinajstić information content (AvgIpc) is 3.21. The van der Waals surface area contributed by atoms with Gasteiger partial charge in [-0.2, -0.15) is 0 Å². The van der Waals surface area contributed by atoms with E-state index in [2.05, 4.69) is 22.2 Å². The number of nitrogens with zero attached hydrogens (tertiary/aromatic N) is 1. The zero-order valence-electron chi connectivity index (χ0n) is 15.8. The first-order chi connectivity index (χ1) is 13.2. The standard InChI is InChI=1S/C19H27N3O3S2/c1-2-3-9-25-10-5-8-20-16(23)12-26-11-15-21-18(24)17-13-6-4-7-14(13)27-19(17)22-15/h2-12H2,1H3,(H,20,23)(H,21,22,24). The van der Waals surface area contributed by atoms with Gasteiger partial charge in [-0.25, -0.2) is 4.98 Å². The smallest absolute Gasteiger partial charge is 0.259 e. The van der Waals surface area contributed by atoms with Crippen LogP contribution in [0.4, 0.5) is 0 Å². The molecule has 6 nitrogen and oxygen atoms in total. The lowest BCUT2D eigenvalue weighted by molar-refractivity contribution is -0.118. The second-order valence-corrected chi connectivity index (χ2v) is 8.78. The molecule has 0 bridgehead atoms. The van der Waals surface area contributed by atoms with Crippen molar-refractivity contribution in [3.63, 3.8) is 0 Å². The van der Waals surface area contributed by atoms with Crippen LogP contribution in [0.3, 0.4) is 0 Å². The van der Waals surface area contributed by atoms with Crippen LogP contribution in [0.5, 0.6) is 0 Å². The van der Waals surface area contributed by atoms with Gasteiger partial charge in [0.2, 0.25) is 5.91 Å². The van der Waals surface area contributed by atoms with Crippen molar-refractivity contribution < 1.29 is 9.53 Å². The van der Waals surface area contributed by atoms with Crippen molar-refractivity contribution in [3.05, 3.63) is 26.6 Å². The maximum Gasteiger partial charge on any atom is 0.259 e. The van der Waals surface area contributed by atoms with E-state index in [1.165, 1.54) is 22.2 Å². The molecule has 2 aromatic heterocycles. The Labute approximate surface area is 167 Å². The number of nitrogens with one attached hydrogen (secondary N) is 2. The molecule has 0 unspecified atom stereocenters. The number of thioether (sulfide) groups is 1. The van der Waals surface area contributed by atoms with Gasteiger partial charge in [-0.05, 0) is 37.7 Å². The van der Waals surface area contributed by atoms with Gasteiger partial charge in [-0.15, -0.1) is 23.1 Å². The molecule has 8 heteroatoms. The Bertz CT molecular complexity index is 831. The maximum absolute atomic E-state index is 12.4. The number of carbonyl (C=O) groups excluding carboxylic acids is 1. The molecule has 2 heterocycles. The van der Waals surface area contributed by atoms with E-state index in [0.717, 1.165) is 55.3 Å². The van der Waals surface area contributed by atoms with Crippen molar-refractivity contribution in [2.75, 3.05) is 25.5 Å². The first-order valence-corrected chi connectivity index (χ1v) is 11.6. The second-order valence-electron chi connectivity index (χ2n) is 6.71. The van der Waals surface area contributed by atoms with Crippen molar-refractivity contribution in [1.29, 1.82) is 0 Å². The lowest BCUT2D eigenvalue weighted by atomic mass is 10.2. The number of thiophene rings is 1. The molecule has 0 spiro atoms. The van der Waals surface area contributed by atoms with Crippen molar-refractivity contribution >= 4 is 39.2 Å². The van der Waals surface area contributed by atoms with Crippen molar-refractivity contribution in [1.82, 2.24) is 15.3 Å². The molecule has 1 aliphatic carbocycles. The van der Waals surface area contributed by atoms with Crippen LogP contribution in [-0.4, -0.2) is 41.4 Å². The summed E-state index contributed by atoms with van der Waals surface area (Å²) in [5, 5.41) is 3.67. The topological polar surface area (TPSA) is 84.1 Å². The molecule has 0 aliphatic heterocycles. The third-order valence-corrected chi connectivity index (χ3v) is 6.66. The quantitative estimate of drug-likeness (QED) is 0.557. The van der Waals surface area contributed by atoms with E-state index in [4.69, 9.17) is 4.74 Å². The molecule has 0 atom stereocenters. The van der Waals surface area contributed by atoms with Crippen LogP contribution in [-0.2, 0) is 28.1 Å². The number of aromatic nitrogens is 2. The summed E-state index contributed by atoms with van der Waals surface area (Å²) in [5.41, 5.74) is 1.16. The number of carbonyl (C=O) groups is 1. The first kappa shape index (κ1) is 20.4. The van der Waals surface area contributed by atoms with E-state index in [9.17, 15) is 9.59 Å². The van der Waals surface area contributed by atoms with Gasteiger partial charge >= 0.3 is 0 Å². The van der Waals surface area contributed by atoms with Gasteiger partial charge in [0.15, 0.2) is 0 Å². The third-order valence-electron chi connectivity index (χ3n) is 4.53. The molecule has 27 heavy (non-hydrogen) atoms. The summed E-state index contributed by atoms with van der Waals surface area (Å²) >= 11 is 3.11. The molecule has 148 valence electrons. The molecule has 0 radical (unpaired) electrons. The highest BCUT2D eigenvalue weighted by Crippen LogP contribution is 2.34. The van der Waals surface area contributed by atoms with Gasteiger partial charge in [-0.3, -0.25) is 9.59 Å². The number of unbranched alkanes of at least 4 members (excludes halogenated alkanes) is 1. The summed E-state index contributed by atoms with van der Waals surface area (Å²) in [6.07, 6.45) is 6.22. The van der Waals surface area contributed by atoms with Gasteiger partial charge in [0.1, 0.15) is 10.7 Å². The van der Waals surface area contributed by atoms with Crippen LogP contribution in [0.1, 0.15) is 48.9 Å². The summed E-state index contributed by atoms with van der Waals surface area (Å²) in [6, 6.07) is 0. The van der Waals surface area contributed by atoms with Crippen LogP contribution in [0.15, 0.2) is 4.79 Å². The number of aryl methyl sites for hydroxylation is 2. The van der Waals surface area contributed by atoms with Crippen LogP contribution < -0.4 is 10.9 Å². The third kappa shape index (κ3) is 5.56. The highest BCUT2D eigenvalue weighted by Gasteiger charge is 2.21. The zero-order chi connectivity index (χ0) is 19.1. The summed E-state index contributed by atoms with van der Waals surface area (Å²) in [5.74, 6) is 1.54. The SMILES string of the molecule is CCCCOCCCNC(=O)CSCc1nc2sc3c(c2c(=O)[nH]1)CCC3. The normalized spacial score (nSPS) is 13.2. The Kier molecular flexibility index (Phi) is 7.72. The van der Waals surface area contributed by atoms with E-state index in [0.29, 0.717) is 30.5 Å². The van der Waals surface area contributed by atoms with Crippen LogP contribution in [0.2, 0.25) is 0 Å². The molecule has 0 saturated heterocycles. The summed E-state index contributed by atoms with van der Waals surface area (Å²) in [4.78, 5) is 33.9. The number of fused-ring (bicyclic) bond motifs is 3. The summed E-state index contributed by atoms with van der Waals surface area (Å²) < 4.78 is 5.47. The Morgan fingerprint density at radius 3 is 3.04 bits per heavy atom. The predicted molar refractivity (Wildman–Crippen MR) is 112 cm³/mol. The summed E-state index contributed by atoms with van der Waals surface area (Å²) in [6.45, 7) is 4.25. The Morgan fingerprint density at radius 2 is 2.19 bits per heavy atom. The molecule has 0 aromatic carbocycles. The van der Waals surface area contributed by atoms with Crippen LogP contribution >= 0.6 is 23.1 Å². The van der Waals surface area contributed by atoms with E-state index in [1.807, 2.05) is 0 Å². The number of H-pyrrole nitrogens is 1. The molecule has 1 aliphatic rings. The molecule has 0 saturated carbocycles. The number of hydrogen-bond donors (Lipinski definition) is 2. The van der Waals surface area contributed by atoms with Gasteiger partial charge < -0.3 is 15.0 Å². The highest BCUT2D eigenvalue weighted by molar-refractivity contribution is 7.99. The fourth-order valence-corrected chi connectivity index (χ4v) is 5.16.